The molecule has 0 aliphatic carbocycles. The summed E-state index contributed by atoms with van der Waals surface area (Å²) in [5, 5.41) is 3.35. The van der Waals surface area contributed by atoms with Crippen LogP contribution in [0, 0.1) is 5.82 Å². The molecule has 1 N–H and O–H groups in total. The molecular weight excluding hydrogens is 387 g/mol. The van der Waals surface area contributed by atoms with Crippen molar-refractivity contribution in [3.8, 4) is 5.75 Å². The molecule has 2 aromatic carbocycles. The van der Waals surface area contributed by atoms with Crippen LogP contribution in [0.2, 0.25) is 0 Å². The second-order valence-corrected chi connectivity index (χ2v) is 5.23. The molecule has 0 amide bonds. The number of fused-ring (bicyclic) bond motifs is 1. The molecule has 1 heterocycles. The minimum atomic E-state index is -5.00. The lowest BCUT2D eigenvalue weighted by atomic mass is 10.2. The normalized spacial score (nSPS) is 10.8. The Kier molecular flexibility index (Phi) is 6.80. The summed E-state index contributed by atoms with van der Waals surface area (Å²) in [5.74, 6) is -2.08. The number of nitrogens with zero attached hydrogens (tertiary/aromatic N) is 1. The first-order valence-electron chi connectivity index (χ1n) is 7.89. The molecule has 5 nitrogen and oxygen atoms in total. The van der Waals surface area contributed by atoms with Crippen molar-refractivity contribution in [3.63, 3.8) is 0 Å². The Balaban J connectivity index is 0.000000500. The molecule has 0 radical (unpaired) electrons. The third-order valence-electron chi connectivity index (χ3n) is 3.36. The number of carbonyl (C=O) groups is 1. The Hall–Kier alpha value is -3.30. The van der Waals surface area contributed by atoms with E-state index in [0.29, 0.717) is 34.5 Å². The van der Waals surface area contributed by atoms with Gasteiger partial charge in [-0.05, 0) is 37.3 Å². The van der Waals surface area contributed by atoms with E-state index in [2.05, 4.69) is 14.8 Å². The quantitative estimate of drug-likeness (QED) is 0.463. The SMILES string of the molecule is CCOC=O.Fc1ccc(Nc2cccc3c2ccn3F)cc1OC(F)(F)F. The molecule has 0 fully saturated rings. The van der Waals surface area contributed by atoms with E-state index in [4.69, 9.17) is 0 Å². The van der Waals surface area contributed by atoms with E-state index in [9.17, 15) is 26.8 Å². The fourth-order valence-electron chi connectivity index (χ4n) is 2.25. The van der Waals surface area contributed by atoms with Crippen LogP contribution < -0.4 is 10.1 Å². The molecule has 0 spiro atoms. The molecule has 3 aromatic rings. The molecule has 0 unspecified atom stereocenters. The van der Waals surface area contributed by atoms with Crippen LogP contribution in [0.25, 0.3) is 10.9 Å². The third kappa shape index (κ3) is 5.60. The van der Waals surface area contributed by atoms with Gasteiger partial charge in [0.2, 0.25) is 0 Å². The number of benzene rings is 2. The average molecular weight is 402 g/mol. The van der Waals surface area contributed by atoms with Gasteiger partial charge in [-0.15, -0.1) is 13.2 Å². The molecule has 0 saturated heterocycles. The second-order valence-electron chi connectivity index (χ2n) is 5.23. The molecule has 0 aliphatic rings. The summed E-state index contributed by atoms with van der Waals surface area (Å²) in [6.07, 6.45) is -3.79. The first-order valence-corrected chi connectivity index (χ1v) is 7.89. The molecule has 0 atom stereocenters. The monoisotopic (exact) mass is 402 g/mol. The fourth-order valence-corrected chi connectivity index (χ4v) is 2.25. The molecule has 28 heavy (non-hydrogen) atoms. The van der Waals surface area contributed by atoms with Crippen molar-refractivity contribution < 1.29 is 36.3 Å². The first-order chi connectivity index (χ1) is 13.2. The van der Waals surface area contributed by atoms with Crippen molar-refractivity contribution in [2.45, 2.75) is 13.3 Å². The van der Waals surface area contributed by atoms with Crippen molar-refractivity contribution in [1.29, 1.82) is 0 Å². The zero-order valence-corrected chi connectivity index (χ0v) is 14.5. The Morgan fingerprint density at radius 2 is 1.93 bits per heavy atom. The number of hydrogen-bond acceptors (Lipinski definition) is 4. The Bertz CT molecular complexity index is 941. The molecule has 1 aromatic heterocycles. The third-order valence-corrected chi connectivity index (χ3v) is 3.36. The maximum Gasteiger partial charge on any atom is 0.573 e. The Morgan fingerprint density at radius 3 is 2.54 bits per heavy atom. The smallest absolute Gasteiger partial charge is 0.468 e. The number of aromatic nitrogens is 1. The van der Waals surface area contributed by atoms with Crippen LogP contribution in [-0.4, -0.2) is 24.2 Å². The number of rotatable bonds is 5. The van der Waals surface area contributed by atoms with Crippen LogP contribution in [0.15, 0.2) is 48.7 Å². The fraction of sp³-hybridized carbons (Fsp3) is 0.167. The number of nitrogens with one attached hydrogen (secondary N) is 1. The van der Waals surface area contributed by atoms with Gasteiger partial charge >= 0.3 is 6.36 Å². The number of halogens is 5. The van der Waals surface area contributed by atoms with E-state index < -0.39 is 17.9 Å². The van der Waals surface area contributed by atoms with Gasteiger partial charge in [-0.3, -0.25) is 4.79 Å². The van der Waals surface area contributed by atoms with Gasteiger partial charge in [0.1, 0.15) is 0 Å². The highest BCUT2D eigenvalue weighted by Crippen LogP contribution is 2.32. The van der Waals surface area contributed by atoms with Crippen LogP contribution in [0.3, 0.4) is 0 Å². The van der Waals surface area contributed by atoms with Gasteiger partial charge in [-0.1, -0.05) is 10.5 Å². The maximum atomic E-state index is 13.5. The van der Waals surface area contributed by atoms with Crippen LogP contribution in [-0.2, 0) is 9.53 Å². The van der Waals surface area contributed by atoms with Gasteiger partial charge in [0, 0.05) is 29.0 Å². The van der Waals surface area contributed by atoms with Crippen LogP contribution >= 0.6 is 0 Å². The van der Waals surface area contributed by atoms with E-state index >= 15 is 0 Å². The lowest BCUT2D eigenvalue weighted by Crippen LogP contribution is -2.18. The summed E-state index contributed by atoms with van der Waals surface area (Å²) in [6.45, 7) is 2.66. The van der Waals surface area contributed by atoms with Gasteiger partial charge < -0.3 is 14.8 Å². The van der Waals surface area contributed by atoms with E-state index in [1.54, 1.807) is 25.1 Å². The summed E-state index contributed by atoms with van der Waals surface area (Å²) in [6, 6.07) is 9.24. The van der Waals surface area contributed by atoms with Crippen LogP contribution in [0.4, 0.5) is 33.4 Å². The van der Waals surface area contributed by atoms with E-state index in [1.165, 1.54) is 18.3 Å². The Morgan fingerprint density at radius 1 is 1.18 bits per heavy atom. The summed E-state index contributed by atoms with van der Waals surface area (Å²) >= 11 is 0. The second kappa shape index (κ2) is 9.07. The van der Waals surface area contributed by atoms with Crippen molar-refractivity contribution >= 4 is 28.7 Å². The molecular formula is C18H15F5N2O3. The Labute approximate surface area is 156 Å². The summed E-state index contributed by atoms with van der Waals surface area (Å²) < 4.78 is 71.3. The molecule has 0 aliphatic heterocycles. The first kappa shape index (κ1) is 21.0. The summed E-state index contributed by atoms with van der Waals surface area (Å²) in [5.41, 5.74) is 0.928. The number of hydrogen-bond donors (Lipinski definition) is 1. The minimum absolute atomic E-state index is 0.171. The van der Waals surface area contributed by atoms with Gasteiger partial charge in [0.25, 0.3) is 6.47 Å². The summed E-state index contributed by atoms with van der Waals surface area (Å²) in [7, 11) is 0. The molecule has 10 heteroatoms. The largest absolute Gasteiger partial charge is 0.573 e. The molecule has 0 saturated carbocycles. The number of carbonyl (C=O) groups excluding carboxylic acids is 1. The predicted octanol–water partition coefficient (Wildman–Crippen LogP) is 5.33. The van der Waals surface area contributed by atoms with Crippen LogP contribution in [0.5, 0.6) is 5.75 Å². The highest BCUT2D eigenvalue weighted by atomic mass is 19.4. The number of ether oxygens (including phenoxy) is 2. The van der Waals surface area contributed by atoms with Gasteiger partial charge in [0.15, 0.2) is 11.6 Å². The predicted molar refractivity (Wildman–Crippen MR) is 92.5 cm³/mol. The summed E-state index contributed by atoms with van der Waals surface area (Å²) in [4.78, 5) is 9.60. The van der Waals surface area contributed by atoms with E-state index in [0.717, 1.165) is 12.1 Å². The van der Waals surface area contributed by atoms with Crippen molar-refractivity contribution in [1.82, 2.24) is 4.79 Å². The standard InChI is InChI=1S/C15H9F5N2O.C3H6O2/c16-11-5-4-9(8-14(11)23-15(17,18)19)21-12-2-1-3-13-10(12)6-7-22(13)20;1-2-5-3-4/h1-8,21H;3H,2H2,1H3. The molecule has 3 rings (SSSR count). The zero-order valence-electron chi connectivity index (χ0n) is 14.5. The zero-order chi connectivity index (χ0) is 20.7. The maximum absolute atomic E-state index is 13.5. The average Bonchev–Trinajstić information content (AvgIpc) is 3.00. The van der Waals surface area contributed by atoms with E-state index in [-0.39, 0.29) is 5.69 Å². The minimum Gasteiger partial charge on any atom is -0.468 e. The van der Waals surface area contributed by atoms with Crippen molar-refractivity contribution in [2.75, 3.05) is 11.9 Å². The topological polar surface area (TPSA) is 52.5 Å². The lowest BCUT2D eigenvalue weighted by molar-refractivity contribution is -0.275. The molecule has 0 bridgehead atoms. The van der Waals surface area contributed by atoms with E-state index in [1.807, 2.05) is 0 Å². The van der Waals surface area contributed by atoms with Gasteiger partial charge in [-0.2, -0.15) is 4.79 Å². The van der Waals surface area contributed by atoms with Gasteiger partial charge in [-0.25, -0.2) is 4.39 Å². The lowest BCUT2D eigenvalue weighted by Gasteiger charge is -2.12. The highest BCUT2D eigenvalue weighted by Gasteiger charge is 2.32. The highest BCUT2D eigenvalue weighted by molar-refractivity contribution is 5.94. The van der Waals surface area contributed by atoms with Crippen LogP contribution in [0.1, 0.15) is 6.92 Å². The van der Waals surface area contributed by atoms with Gasteiger partial charge in [0.05, 0.1) is 12.1 Å². The number of anilines is 2. The van der Waals surface area contributed by atoms with Crippen molar-refractivity contribution in [3.05, 3.63) is 54.5 Å². The molecule has 150 valence electrons. The number of alkyl halides is 3. The van der Waals surface area contributed by atoms with Crippen molar-refractivity contribution in [2.24, 2.45) is 0 Å².